The van der Waals surface area contributed by atoms with Crippen molar-refractivity contribution in [1.29, 1.82) is 0 Å². The summed E-state index contributed by atoms with van der Waals surface area (Å²) in [5, 5.41) is 7.11. The summed E-state index contributed by atoms with van der Waals surface area (Å²) in [5.41, 5.74) is 1.55. The molecular formula is C21H36IN5. The minimum atomic E-state index is 0. The number of nitrogens with zero attached hydrogens (tertiary/aromatic N) is 3. The minimum Gasteiger partial charge on any atom is -0.355 e. The summed E-state index contributed by atoms with van der Waals surface area (Å²) in [6, 6.07) is 10.5. The summed E-state index contributed by atoms with van der Waals surface area (Å²) in [5.74, 6) is 0.907. The van der Waals surface area contributed by atoms with E-state index in [2.05, 4.69) is 62.8 Å². The molecule has 0 amide bonds. The molecule has 2 aliphatic heterocycles. The smallest absolute Gasteiger partial charge is 0.191 e. The van der Waals surface area contributed by atoms with Crippen LogP contribution in [0.5, 0.6) is 0 Å². The van der Waals surface area contributed by atoms with E-state index in [0.29, 0.717) is 0 Å². The highest BCUT2D eigenvalue weighted by Crippen LogP contribution is 2.30. The normalized spacial score (nSPS) is 21.3. The number of rotatable bonds is 5. The average molecular weight is 485 g/mol. The van der Waals surface area contributed by atoms with Crippen molar-refractivity contribution < 1.29 is 0 Å². The van der Waals surface area contributed by atoms with Crippen molar-refractivity contribution in [3.63, 3.8) is 0 Å². The van der Waals surface area contributed by atoms with Crippen molar-refractivity contribution in [2.45, 2.75) is 44.2 Å². The predicted octanol–water partition coefficient (Wildman–Crippen LogP) is 2.92. The molecule has 6 heteroatoms. The van der Waals surface area contributed by atoms with Crippen LogP contribution in [0.15, 0.2) is 35.3 Å². The van der Waals surface area contributed by atoms with Crippen LogP contribution in [0.4, 0.5) is 0 Å². The number of nitrogens with one attached hydrogen (secondary N) is 2. The fourth-order valence-corrected chi connectivity index (χ4v) is 4.26. The van der Waals surface area contributed by atoms with E-state index in [9.17, 15) is 0 Å². The van der Waals surface area contributed by atoms with Gasteiger partial charge in [0.05, 0.1) is 0 Å². The largest absolute Gasteiger partial charge is 0.355 e. The number of hydrogen-bond donors (Lipinski definition) is 2. The SMILES string of the molecule is CN=C(NCc1ccccc1)NCC1(N2CCCCC2)CCN(C)CC1.I. The molecule has 2 aliphatic rings. The van der Waals surface area contributed by atoms with Crippen LogP contribution in [0.1, 0.15) is 37.7 Å². The quantitative estimate of drug-likeness (QED) is 0.383. The van der Waals surface area contributed by atoms with Gasteiger partial charge in [-0.15, -0.1) is 24.0 Å². The van der Waals surface area contributed by atoms with Crippen LogP contribution in [-0.4, -0.2) is 68.1 Å². The summed E-state index contributed by atoms with van der Waals surface area (Å²) >= 11 is 0. The Morgan fingerprint density at radius 1 is 1.00 bits per heavy atom. The topological polar surface area (TPSA) is 42.9 Å². The van der Waals surface area contributed by atoms with Crippen molar-refractivity contribution in [2.75, 3.05) is 46.8 Å². The average Bonchev–Trinajstić information content (AvgIpc) is 2.71. The zero-order valence-electron chi connectivity index (χ0n) is 16.9. The van der Waals surface area contributed by atoms with Gasteiger partial charge < -0.3 is 15.5 Å². The van der Waals surface area contributed by atoms with Gasteiger partial charge in [0.15, 0.2) is 5.96 Å². The lowest BCUT2D eigenvalue weighted by molar-refractivity contribution is 0.0173. The molecule has 0 radical (unpaired) electrons. The van der Waals surface area contributed by atoms with Gasteiger partial charge >= 0.3 is 0 Å². The molecule has 1 aromatic rings. The number of likely N-dealkylation sites (tertiary alicyclic amines) is 2. The lowest BCUT2D eigenvalue weighted by Gasteiger charge is -2.50. The molecule has 0 unspecified atom stereocenters. The highest BCUT2D eigenvalue weighted by atomic mass is 127. The maximum atomic E-state index is 4.44. The van der Waals surface area contributed by atoms with E-state index in [-0.39, 0.29) is 29.5 Å². The van der Waals surface area contributed by atoms with Crippen molar-refractivity contribution in [1.82, 2.24) is 20.4 Å². The Hall–Kier alpha value is -0.860. The fourth-order valence-electron chi connectivity index (χ4n) is 4.26. The van der Waals surface area contributed by atoms with Crippen LogP contribution in [0, 0.1) is 0 Å². The fraction of sp³-hybridized carbons (Fsp3) is 0.667. The molecule has 2 heterocycles. The molecule has 2 N–H and O–H groups in total. The predicted molar refractivity (Wildman–Crippen MR) is 125 cm³/mol. The van der Waals surface area contributed by atoms with Crippen molar-refractivity contribution in [2.24, 2.45) is 4.99 Å². The molecule has 0 saturated carbocycles. The van der Waals surface area contributed by atoms with Gasteiger partial charge in [-0.1, -0.05) is 36.8 Å². The Morgan fingerprint density at radius 2 is 1.67 bits per heavy atom. The summed E-state index contributed by atoms with van der Waals surface area (Å²) in [6.07, 6.45) is 6.57. The van der Waals surface area contributed by atoms with E-state index in [0.717, 1.165) is 19.0 Å². The van der Waals surface area contributed by atoms with Crippen LogP contribution < -0.4 is 10.6 Å². The van der Waals surface area contributed by atoms with Gasteiger partial charge in [-0.25, -0.2) is 0 Å². The monoisotopic (exact) mass is 485 g/mol. The van der Waals surface area contributed by atoms with Crippen LogP contribution in [-0.2, 0) is 6.54 Å². The molecular weight excluding hydrogens is 449 g/mol. The number of hydrogen-bond acceptors (Lipinski definition) is 3. The second kappa shape index (κ2) is 11.2. The molecule has 152 valence electrons. The molecule has 0 aliphatic carbocycles. The van der Waals surface area contributed by atoms with Crippen LogP contribution in [0.25, 0.3) is 0 Å². The van der Waals surface area contributed by atoms with Crippen molar-refractivity contribution in [3.8, 4) is 0 Å². The highest BCUT2D eigenvalue weighted by molar-refractivity contribution is 14.0. The zero-order chi connectivity index (χ0) is 18.2. The Morgan fingerprint density at radius 3 is 2.30 bits per heavy atom. The first-order chi connectivity index (χ1) is 12.7. The molecule has 27 heavy (non-hydrogen) atoms. The van der Waals surface area contributed by atoms with Crippen LogP contribution in [0.3, 0.4) is 0 Å². The molecule has 0 bridgehead atoms. The standard InChI is InChI=1S/C21H35N5.HI/c1-22-20(23-17-19-9-5-3-6-10-19)24-18-21(11-15-25(2)16-12-21)26-13-7-4-8-14-26;/h3,5-6,9-10H,4,7-8,11-18H2,1-2H3,(H2,22,23,24);1H. The molecule has 3 rings (SSSR count). The Kier molecular flexibility index (Phi) is 9.32. The second-order valence-corrected chi connectivity index (χ2v) is 7.84. The number of aliphatic imine (C=N–C) groups is 1. The van der Waals surface area contributed by atoms with E-state index in [1.165, 1.54) is 63.8 Å². The first-order valence-corrected chi connectivity index (χ1v) is 10.1. The molecule has 2 fully saturated rings. The molecule has 0 atom stereocenters. The molecule has 2 saturated heterocycles. The van der Waals surface area contributed by atoms with Crippen LogP contribution >= 0.6 is 24.0 Å². The molecule has 0 spiro atoms. The van der Waals surface area contributed by atoms with Gasteiger partial charge in [0.2, 0.25) is 0 Å². The van der Waals surface area contributed by atoms with Gasteiger partial charge in [0, 0.05) is 25.7 Å². The van der Waals surface area contributed by atoms with E-state index < -0.39 is 0 Å². The van der Waals surface area contributed by atoms with E-state index in [1.54, 1.807) is 0 Å². The molecule has 0 aromatic heterocycles. The van der Waals surface area contributed by atoms with E-state index in [1.807, 2.05) is 7.05 Å². The van der Waals surface area contributed by atoms with Gasteiger partial charge in [-0.05, 0) is 64.5 Å². The lowest BCUT2D eigenvalue weighted by Crippen LogP contribution is -2.62. The summed E-state index contributed by atoms with van der Waals surface area (Å²) in [7, 11) is 4.11. The van der Waals surface area contributed by atoms with E-state index >= 15 is 0 Å². The number of guanidine groups is 1. The molecule has 1 aromatic carbocycles. The first kappa shape index (κ1) is 22.4. The maximum Gasteiger partial charge on any atom is 0.191 e. The Balaban J connectivity index is 0.00000261. The van der Waals surface area contributed by atoms with Gasteiger partial charge in [-0.2, -0.15) is 0 Å². The van der Waals surface area contributed by atoms with Crippen molar-refractivity contribution >= 4 is 29.9 Å². The summed E-state index contributed by atoms with van der Waals surface area (Å²) < 4.78 is 0. The van der Waals surface area contributed by atoms with E-state index in [4.69, 9.17) is 0 Å². The second-order valence-electron chi connectivity index (χ2n) is 7.84. The number of benzene rings is 1. The Labute approximate surface area is 182 Å². The third kappa shape index (κ3) is 6.32. The number of piperidine rings is 2. The lowest BCUT2D eigenvalue weighted by atomic mass is 9.84. The summed E-state index contributed by atoms with van der Waals surface area (Å²) in [6.45, 7) is 6.67. The first-order valence-electron chi connectivity index (χ1n) is 10.1. The maximum absolute atomic E-state index is 4.44. The molecule has 5 nitrogen and oxygen atoms in total. The van der Waals surface area contributed by atoms with Gasteiger partial charge in [0.25, 0.3) is 0 Å². The van der Waals surface area contributed by atoms with Crippen molar-refractivity contribution in [3.05, 3.63) is 35.9 Å². The van der Waals surface area contributed by atoms with Crippen LogP contribution in [0.2, 0.25) is 0 Å². The van der Waals surface area contributed by atoms with Gasteiger partial charge in [-0.3, -0.25) is 9.89 Å². The van der Waals surface area contributed by atoms with Gasteiger partial charge in [0.1, 0.15) is 0 Å². The summed E-state index contributed by atoms with van der Waals surface area (Å²) in [4.78, 5) is 9.67. The highest BCUT2D eigenvalue weighted by Gasteiger charge is 2.39. The third-order valence-electron chi connectivity index (χ3n) is 6.06. The Bertz CT molecular complexity index is 563. The number of halogens is 1. The minimum absolute atomic E-state index is 0. The third-order valence-corrected chi connectivity index (χ3v) is 6.06. The zero-order valence-corrected chi connectivity index (χ0v) is 19.2.